The van der Waals surface area contributed by atoms with Crippen molar-refractivity contribution in [1.29, 1.82) is 0 Å². The maximum atomic E-state index is 5.13. The molecular formula is C29H23N3S. The number of benzene rings is 2. The van der Waals surface area contributed by atoms with Gasteiger partial charge >= 0.3 is 0 Å². The standard InChI is InChI=1S/C29H23N3S/c1-3-5-11-19(4-2)23-14-10-17-26(31-23)32-24-15-8-6-12-20(24)22-18-30-27-21-13-7-9-16-25(21)33-29(27)28(22)32/h4-18H,3H2,1-2H3/b11-5-,19-4+. The molecule has 6 aromatic rings. The normalized spacial score (nSPS) is 12.7. The molecule has 6 rings (SSSR count). The summed E-state index contributed by atoms with van der Waals surface area (Å²) in [5.74, 6) is 0.924. The minimum absolute atomic E-state index is 0.924. The van der Waals surface area contributed by atoms with Gasteiger partial charge in [-0.2, -0.15) is 0 Å². The van der Waals surface area contributed by atoms with Gasteiger partial charge < -0.3 is 0 Å². The van der Waals surface area contributed by atoms with Crippen LogP contribution in [0.3, 0.4) is 0 Å². The highest BCUT2D eigenvalue weighted by Gasteiger charge is 2.19. The molecule has 0 N–H and O–H groups in total. The fourth-order valence-corrected chi connectivity index (χ4v) is 5.79. The van der Waals surface area contributed by atoms with Crippen LogP contribution in [0.15, 0.2) is 91.2 Å². The highest BCUT2D eigenvalue weighted by atomic mass is 32.1. The molecule has 0 spiro atoms. The summed E-state index contributed by atoms with van der Waals surface area (Å²) < 4.78 is 4.77. The van der Waals surface area contributed by atoms with Gasteiger partial charge in [-0.1, -0.05) is 67.6 Å². The van der Waals surface area contributed by atoms with E-state index in [2.05, 4.69) is 103 Å². The summed E-state index contributed by atoms with van der Waals surface area (Å²) in [5.41, 5.74) is 5.50. The fraction of sp³-hybridized carbons (Fsp3) is 0.103. The van der Waals surface area contributed by atoms with Crippen molar-refractivity contribution >= 4 is 59.0 Å². The van der Waals surface area contributed by atoms with E-state index in [0.29, 0.717) is 0 Å². The summed E-state index contributed by atoms with van der Waals surface area (Å²) in [7, 11) is 0. The Morgan fingerprint density at radius 3 is 2.61 bits per heavy atom. The van der Waals surface area contributed by atoms with Crippen molar-refractivity contribution in [1.82, 2.24) is 14.5 Å². The van der Waals surface area contributed by atoms with Gasteiger partial charge in [0.05, 0.1) is 26.9 Å². The van der Waals surface area contributed by atoms with Gasteiger partial charge in [-0.05, 0) is 43.2 Å². The maximum absolute atomic E-state index is 5.13. The van der Waals surface area contributed by atoms with Gasteiger partial charge in [-0.3, -0.25) is 9.55 Å². The molecule has 0 saturated carbocycles. The number of thiophene rings is 1. The van der Waals surface area contributed by atoms with Crippen molar-refractivity contribution in [3.63, 3.8) is 0 Å². The molecule has 160 valence electrons. The number of rotatable bonds is 4. The summed E-state index contributed by atoms with van der Waals surface area (Å²) in [6.45, 7) is 4.21. The second-order valence-electron chi connectivity index (χ2n) is 8.08. The van der Waals surface area contributed by atoms with Gasteiger partial charge in [0.25, 0.3) is 0 Å². The molecule has 0 bridgehead atoms. The molecule has 0 radical (unpaired) electrons. The van der Waals surface area contributed by atoms with Gasteiger partial charge in [0, 0.05) is 27.1 Å². The highest BCUT2D eigenvalue weighted by Crippen LogP contribution is 2.41. The van der Waals surface area contributed by atoms with Gasteiger partial charge in [-0.15, -0.1) is 11.3 Å². The van der Waals surface area contributed by atoms with Crippen LogP contribution < -0.4 is 0 Å². The first kappa shape index (κ1) is 19.9. The van der Waals surface area contributed by atoms with E-state index in [1.54, 1.807) is 0 Å². The minimum atomic E-state index is 0.924. The molecule has 0 aliphatic heterocycles. The molecule has 4 heteroatoms. The van der Waals surface area contributed by atoms with E-state index in [1.165, 1.54) is 25.7 Å². The summed E-state index contributed by atoms with van der Waals surface area (Å²) in [4.78, 5) is 10.0. The van der Waals surface area contributed by atoms with Crippen LogP contribution in [0.2, 0.25) is 0 Å². The van der Waals surface area contributed by atoms with Gasteiger partial charge in [0.1, 0.15) is 5.82 Å². The Morgan fingerprint density at radius 2 is 1.76 bits per heavy atom. The Bertz CT molecular complexity index is 1720. The van der Waals surface area contributed by atoms with E-state index in [-0.39, 0.29) is 0 Å². The Hall–Kier alpha value is -3.76. The maximum Gasteiger partial charge on any atom is 0.138 e. The van der Waals surface area contributed by atoms with Crippen LogP contribution in [0.25, 0.3) is 53.5 Å². The first-order chi connectivity index (χ1) is 16.3. The van der Waals surface area contributed by atoms with Crippen molar-refractivity contribution in [2.24, 2.45) is 0 Å². The van der Waals surface area contributed by atoms with Crippen molar-refractivity contribution in [2.75, 3.05) is 0 Å². The smallest absolute Gasteiger partial charge is 0.138 e. The van der Waals surface area contributed by atoms with Crippen LogP contribution >= 0.6 is 11.3 Å². The molecule has 4 aromatic heterocycles. The van der Waals surface area contributed by atoms with Crippen LogP contribution in [-0.2, 0) is 0 Å². The van der Waals surface area contributed by atoms with E-state index < -0.39 is 0 Å². The third kappa shape index (κ3) is 3.10. The van der Waals surface area contributed by atoms with Crippen LogP contribution in [-0.4, -0.2) is 14.5 Å². The van der Waals surface area contributed by atoms with Gasteiger partial charge in [-0.25, -0.2) is 4.98 Å². The number of para-hydroxylation sites is 1. The van der Waals surface area contributed by atoms with Crippen molar-refractivity contribution in [3.8, 4) is 5.82 Å². The predicted molar refractivity (Wildman–Crippen MR) is 142 cm³/mol. The lowest BCUT2D eigenvalue weighted by molar-refractivity contribution is 1.07. The largest absolute Gasteiger partial charge is 0.292 e. The Morgan fingerprint density at radius 1 is 0.939 bits per heavy atom. The second kappa shape index (κ2) is 7.98. The van der Waals surface area contributed by atoms with Crippen molar-refractivity contribution in [2.45, 2.75) is 20.3 Å². The number of allylic oxidation sites excluding steroid dienone is 4. The van der Waals surface area contributed by atoms with E-state index in [4.69, 9.17) is 9.97 Å². The third-order valence-electron chi connectivity index (χ3n) is 6.12. The SMILES string of the molecule is C/C=C(\C=C/CC)c1cccc(-n2c3ccccc3c3cnc4c5ccccc5sc4c32)n1. The Kier molecular flexibility index (Phi) is 4.81. The molecule has 2 aromatic carbocycles. The number of nitrogens with zero attached hydrogens (tertiary/aromatic N) is 3. The first-order valence-electron chi connectivity index (χ1n) is 11.3. The number of hydrogen-bond acceptors (Lipinski definition) is 3. The lowest BCUT2D eigenvalue weighted by Crippen LogP contribution is -2.00. The van der Waals surface area contributed by atoms with Crippen LogP contribution in [0.1, 0.15) is 26.0 Å². The molecule has 4 heterocycles. The highest BCUT2D eigenvalue weighted by molar-refractivity contribution is 7.26. The second-order valence-corrected chi connectivity index (χ2v) is 9.14. The first-order valence-corrected chi connectivity index (χ1v) is 12.1. The van der Waals surface area contributed by atoms with Gasteiger partial charge in [0.15, 0.2) is 0 Å². The lowest BCUT2D eigenvalue weighted by atomic mass is 10.1. The summed E-state index contributed by atoms with van der Waals surface area (Å²) in [6.07, 6.45) is 9.49. The molecular weight excluding hydrogens is 422 g/mol. The quantitative estimate of drug-likeness (QED) is 0.255. The average molecular weight is 446 g/mol. The topological polar surface area (TPSA) is 30.7 Å². The molecule has 0 aliphatic carbocycles. The fourth-order valence-electron chi connectivity index (χ4n) is 4.59. The van der Waals surface area contributed by atoms with Crippen molar-refractivity contribution < 1.29 is 0 Å². The Labute approximate surface area is 196 Å². The molecule has 0 aliphatic rings. The number of fused-ring (bicyclic) bond motifs is 7. The van der Waals surface area contributed by atoms with Crippen LogP contribution in [0.5, 0.6) is 0 Å². The lowest BCUT2D eigenvalue weighted by Gasteiger charge is -2.10. The Balaban J connectivity index is 1.72. The predicted octanol–water partition coefficient (Wildman–Crippen LogP) is 8.31. The zero-order valence-electron chi connectivity index (χ0n) is 18.6. The van der Waals surface area contributed by atoms with E-state index in [9.17, 15) is 0 Å². The monoisotopic (exact) mass is 445 g/mol. The molecule has 0 atom stereocenters. The number of hydrogen-bond donors (Lipinski definition) is 0. The van der Waals surface area contributed by atoms with Crippen LogP contribution in [0, 0.1) is 0 Å². The van der Waals surface area contributed by atoms with Gasteiger partial charge in [0.2, 0.25) is 0 Å². The summed E-state index contributed by atoms with van der Waals surface area (Å²) >= 11 is 1.81. The van der Waals surface area contributed by atoms with E-state index in [1.807, 2.05) is 17.5 Å². The summed E-state index contributed by atoms with van der Waals surface area (Å²) in [6, 6.07) is 23.4. The molecule has 0 unspecified atom stereocenters. The third-order valence-corrected chi connectivity index (χ3v) is 7.29. The minimum Gasteiger partial charge on any atom is -0.292 e. The average Bonchev–Trinajstić information content (AvgIpc) is 3.41. The van der Waals surface area contributed by atoms with Crippen molar-refractivity contribution in [3.05, 3.63) is 96.8 Å². The molecule has 0 amide bonds. The summed E-state index contributed by atoms with van der Waals surface area (Å²) in [5, 5.41) is 3.57. The number of aromatic nitrogens is 3. The molecule has 3 nitrogen and oxygen atoms in total. The molecule has 0 saturated heterocycles. The zero-order chi connectivity index (χ0) is 22.4. The zero-order valence-corrected chi connectivity index (χ0v) is 19.4. The molecule has 0 fully saturated rings. The van der Waals surface area contributed by atoms with Crippen LogP contribution in [0.4, 0.5) is 0 Å². The number of pyridine rings is 2. The van der Waals surface area contributed by atoms with E-state index >= 15 is 0 Å². The van der Waals surface area contributed by atoms with E-state index in [0.717, 1.165) is 39.9 Å². The molecule has 33 heavy (non-hydrogen) atoms.